The number of hydrogen-bond acceptors (Lipinski definition) is 4. The summed E-state index contributed by atoms with van der Waals surface area (Å²) in [6.07, 6.45) is 1.03. The van der Waals surface area contributed by atoms with Crippen molar-refractivity contribution in [2.24, 2.45) is 5.92 Å². The van der Waals surface area contributed by atoms with Crippen LogP contribution in [0, 0.1) is 16.0 Å². The summed E-state index contributed by atoms with van der Waals surface area (Å²) in [7, 11) is 0. The van der Waals surface area contributed by atoms with Crippen LogP contribution in [0.25, 0.3) is 0 Å². The SMILES string of the molecule is O=C(Nc1cc(Cl)ccc1Cl)C1CCN(C(=O)c2ccc([N+](=O)[O-])cc2)CC1. The van der Waals surface area contributed by atoms with Gasteiger partial charge in [-0.1, -0.05) is 23.2 Å². The van der Waals surface area contributed by atoms with E-state index >= 15 is 0 Å². The number of amides is 2. The van der Waals surface area contributed by atoms with Crippen LogP contribution in [-0.4, -0.2) is 34.7 Å². The summed E-state index contributed by atoms with van der Waals surface area (Å²) in [5.74, 6) is -0.603. The maximum atomic E-state index is 12.6. The molecule has 28 heavy (non-hydrogen) atoms. The average Bonchev–Trinajstić information content (AvgIpc) is 2.70. The van der Waals surface area contributed by atoms with Crippen molar-refractivity contribution in [3.63, 3.8) is 0 Å². The molecule has 1 aliphatic rings. The van der Waals surface area contributed by atoms with Crippen LogP contribution in [0.3, 0.4) is 0 Å². The average molecular weight is 422 g/mol. The molecular formula is C19H17Cl2N3O4. The third-order valence-corrected chi connectivity index (χ3v) is 5.23. The fourth-order valence-electron chi connectivity index (χ4n) is 3.08. The molecule has 9 heteroatoms. The molecule has 0 saturated carbocycles. The molecule has 0 aromatic heterocycles. The van der Waals surface area contributed by atoms with Gasteiger partial charge in [0, 0.05) is 41.7 Å². The molecule has 1 saturated heterocycles. The van der Waals surface area contributed by atoms with E-state index in [1.165, 1.54) is 24.3 Å². The Hall–Kier alpha value is -2.64. The number of rotatable bonds is 4. The van der Waals surface area contributed by atoms with Crippen molar-refractivity contribution in [2.75, 3.05) is 18.4 Å². The van der Waals surface area contributed by atoms with Crippen LogP contribution in [-0.2, 0) is 4.79 Å². The summed E-state index contributed by atoms with van der Waals surface area (Å²) < 4.78 is 0. The summed E-state index contributed by atoms with van der Waals surface area (Å²) in [6.45, 7) is 0.856. The summed E-state index contributed by atoms with van der Waals surface area (Å²) >= 11 is 12.0. The molecule has 2 amide bonds. The van der Waals surface area contributed by atoms with Crippen LogP contribution in [0.5, 0.6) is 0 Å². The predicted octanol–water partition coefficient (Wildman–Crippen LogP) is 4.39. The molecule has 2 aromatic carbocycles. The number of benzene rings is 2. The highest BCUT2D eigenvalue weighted by Gasteiger charge is 2.28. The number of nitro benzene ring substituents is 1. The van der Waals surface area contributed by atoms with Gasteiger partial charge in [-0.2, -0.15) is 0 Å². The first-order chi connectivity index (χ1) is 13.3. The van der Waals surface area contributed by atoms with Gasteiger partial charge in [-0.05, 0) is 43.2 Å². The van der Waals surface area contributed by atoms with Crippen molar-refractivity contribution >= 4 is 46.4 Å². The Labute approximate surface area is 171 Å². The van der Waals surface area contributed by atoms with E-state index in [1.807, 2.05) is 0 Å². The van der Waals surface area contributed by atoms with E-state index in [2.05, 4.69) is 5.32 Å². The van der Waals surface area contributed by atoms with Crippen LogP contribution in [0.1, 0.15) is 23.2 Å². The Bertz CT molecular complexity index is 910. The molecule has 1 N–H and O–H groups in total. The number of carbonyl (C=O) groups excluding carboxylic acids is 2. The number of nitro groups is 1. The molecule has 0 spiro atoms. The minimum absolute atomic E-state index is 0.0633. The van der Waals surface area contributed by atoms with Gasteiger partial charge < -0.3 is 10.2 Å². The molecular weight excluding hydrogens is 405 g/mol. The summed E-state index contributed by atoms with van der Waals surface area (Å²) in [4.78, 5) is 36.9. The number of hydrogen-bond donors (Lipinski definition) is 1. The largest absolute Gasteiger partial charge is 0.339 e. The molecule has 0 radical (unpaired) electrons. The van der Waals surface area contributed by atoms with Crippen LogP contribution in [0.15, 0.2) is 42.5 Å². The van der Waals surface area contributed by atoms with Crippen LogP contribution >= 0.6 is 23.2 Å². The van der Waals surface area contributed by atoms with Crippen molar-refractivity contribution in [3.05, 3.63) is 68.2 Å². The third kappa shape index (κ3) is 4.61. The maximum absolute atomic E-state index is 12.6. The molecule has 7 nitrogen and oxygen atoms in total. The minimum atomic E-state index is -0.509. The normalized spacial score (nSPS) is 14.6. The Morgan fingerprint density at radius 2 is 1.71 bits per heavy atom. The number of halogens is 2. The van der Waals surface area contributed by atoms with E-state index in [-0.39, 0.29) is 23.4 Å². The number of non-ortho nitro benzene ring substituents is 1. The molecule has 1 heterocycles. The van der Waals surface area contributed by atoms with Gasteiger partial charge in [0.1, 0.15) is 0 Å². The molecule has 0 aliphatic carbocycles. The standard InChI is InChI=1S/C19H17Cl2N3O4/c20-14-3-6-16(21)17(11-14)22-18(25)12-7-9-23(10-8-12)19(26)13-1-4-15(5-2-13)24(27)28/h1-6,11-12H,7-10H2,(H,22,25). The third-order valence-electron chi connectivity index (χ3n) is 4.66. The van der Waals surface area contributed by atoms with Crippen LogP contribution in [0.2, 0.25) is 10.0 Å². The van der Waals surface area contributed by atoms with E-state index in [9.17, 15) is 19.7 Å². The fraction of sp³-hybridized carbons (Fsp3) is 0.263. The lowest BCUT2D eigenvalue weighted by Crippen LogP contribution is -2.41. The maximum Gasteiger partial charge on any atom is 0.269 e. The van der Waals surface area contributed by atoms with Gasteiger partial charge in [-0.25, -0.2) is 0 Å². The van der Waals surface area contributed by atoms with Crippen LogP contribution < -0.4 is 5.32 Å². The van der Waals surface area contributed by atoms with Crippen molar-refractivity contribution in [3.8, 4) is 0 Å². The zero-order chi connectivity index (χ0) is 20.3. The predicted molar refractivity (Wildman–Crippen MR) is 107 cm³/mol. The number of likely N-dealkylation sites (tertiary alicyclic amines) is 1. The van der Waals surface area contributed by atoms with Gasteiger partial charge in [0.15, 0.2) is 0 Å². The van der Waals surface area contributed by atoms with Crippen molar-refractivity contribution in [1.29, 1.82) is 0 Å². The Morgan fingerprint density at radius 3 is 2.32 bits per heavy atom. The first kappa shape index (κ1) is 20.1. The Kier molecular flexibility index (Phi) is 6.16. The molecule has 0 unspecified atom stereocenters. The lowest BCUT2D eigenvalue weighted by molar-refractivity contribution is -0.384. The van der Waals surface area contributed by atoms with E-state index in [0.717, 1.165) is 0 Å². The van der Waals surface area contributed by atoms with E-state index < -0.39 is 4.92 Å². The Balaban J connectivity index is 1.57. The van der Waals surface area contributed by atoms with Gasteiger partial charge in [0.25, 0.3) is 11.6 Å². The van der Waals surface area contributed by atoms with Crippen molar-refractivity contribution < 1.29 is 14.5 Å². The topological polar surface area (TPSA) is 92.6 Å². The molecule has 0 atom stereocenters. The van der Waals surface area contributed by atoms with E-state index in [1.54, 1.807) is 23.1 Å². The van der Waals surface area contributed by atoms with Gasteiger partial charge in [-0.15, -0.1) is 0 Å². The van der Waals surface area contributed by atoms with E-state index in [0.29, 0.717) is 47.2 Å². The number of nitrogens with one attached hydrogen (secondary N) is 1. The summed E-state index contributed by atoms with van der Waals surface area (Å²) in [5.41, 5.74) is 0.786. The first-order valence-corrected chi connectivity index (χ1v) is 9.40. The fourth-order valence-corrected chi connectivity index (χ4v) is 3.42. The van der Waals surface area contributed by atoms with E-state index in [4.69, 9.17) is 23.2 Å². The lowest BCUT2D eigenvalue weighted by Gasteiger charge is -2.31. The molecule has 3 rings (SSSR count). The number of anilines is 1. The lowest BCUT2D eigenvalue weighted by atomic mass is 9.95. The molecule has 2 aromatic rings. The van der Waals surface area contributed by atoms with Gasteiger partial charge >= 0.3 is 0 Å². The smallest absolute Gasteiger partial charge is 0.269 e. The zero-order valence-corrected chi connectivity index (χ0v) is 16.2. The highest BCUT2D eigenvalue weighted by atomic mass is 35.5. The van der Waals surface area contributed by atoms with Gasteiger partial charge in [0.2, 0.25) is 5.91 Å². The second-order valence-corrected chi connectivity index (χ2v) is 7.33. The molecule has 0 bridgehead atoms. The minimum Gasteiger partial charge on any atom is -0.339 e. The monoisotopic (exact) mass is 421 g/mol. The highest BCUT2D eigenvalue weighted by Crippen LogP contribution is 2.27. The second-order valence-electron chi connectivity index (χ2n) is 6.48. The summed E-state index contributed by atoms with van der Waals surface area (Å²) in [5, 5.41) is 14.4. The van der Waals surface area contributed by atoms with Gasteiger partial charge in [0.05, 0.1) is 15.6 Å². The van der Waals surface area contributed by atoms with Gasteiger partial charge in [-0.3, -0.25) is 19.7 Å². The highest BCUT2D eigenvalue weighted by molar-refractivity contribution is 6.35. The van der Waals surface area contributed by atoms with Crippen LogP contribution in [0.4, 0.5) is 11.4 Å². The summed E-state index contributed by atoms with van der Waals surface area (Å²) in [6, 6.07) is 10.4. The number of piperidine rings is 1. The number of carbonyl (C=O) groups is 2. The molecule has 1 fully saturated rings. The number of nitrogens with zero attached hydrogens (tertiary/aromatic N) is 2. The molecule has 1 aliphatic heterocycles. The Morgan fingerprint density at radius 1 is 1.07 bits per heavy atom. The molecule has 146 valence electrons. The second kappa shape index (κ2) is 8.58. The van der Waals surface area contributed by atoms with Crippen molar-refractivity contribution in [2.45, 2.75) is 12.8 Å². The first-order valence-electron chi connectivity index (χ1n) is 8.65. The quantitative estimate of drug-likeness (QED) is 0.584. The van der Waals surface area contributed by atoms with Crippen molar-refractivity contribution in [1.82, 2.24) is 4.90 Å². The zero-order valence-electron chi connectivity index (χ0n) is 14.7.